The van der Waals surface area contributed by atoms with Crippen LogP contribution >= 0.6 is 28.6 Å². The van der Waals surface area contributed by atoms with Crippen LogP contribution < -0.4 is 4.90 Å². The predicted molar refractivity (Wildman–Crippen MR) is 92.5 cm³/mol. The number of para-hydroxylation sites is 1. The quantitative estimate of drug-likeness (QED) is 0.728. The van der Waals surface area contributed by atoms with Gasteiger partial charge in [-0.2, -0.15) is 0 Å². The third-order valence-electron chi connectivity index (χ3n) is 3.79. The topological polar surface area (TPSA) is 20.3 Å². The summed E-state index contributed by atoms with van der Waals surface area (Å²) in [4.78, 5) is 15.6. The van der Waals surface area contributed by atoms with Crippen LogP contribution in [0.25, 0.3) is 0 Å². The van der Waals surface area contributed by atoms with Crippen molar-refractivity contribution in [1.82, 2.24) is 0 Å². The fraction of sp³-hybridized carbons (Fsp3) is 0.235. The van der Waals surface area contributed by atoms with Gasteiger partial charge in [-0.3, -0.25) is 4.79 Å². The highest BCUT2D eigenvalue weighted by Gasteiger charge is 2.23. The number of hydrogen-bond acceptors (Lipinski definition) is 2. The van der Waals surface area contributed by atoms with E-state index in [2.05, 4.69) is 34.6 Å². The maximum atomic E-state index is 13.0. The predicted octanol–water partition coefficient (Wildman–Crippen LogP) is 4.72. The molecule has 0 spiro atoms. The molecule has 2 nitrogen and oxygen atoms in total. The zero-order valence-electron chi connectivity index (χ0n) is 11.6. The Morgan fingerprint density at radius 1 is 1.14 bits per heavy atom. The highest BCUT2D eigenvalue weighted by atomic mass is 79.9. The monoisotopic (exact) mass is 361 g/mol. The van der Waals surface area contributed by atoms with E-state index in [1.807, 2.05) is 41.3 Å². The van der Waals surface area contributed by atoms with Gasteiger partial charge in [0.15, 0.2) is 0 Å². The zero-order chi connectivity index (χ0) is 14.8. The minimum absolute atomic E-state index is 0.0344. The molecule has 1 amide bonds. The van der Waals surface area contributed by atoms with Crippen molar-refractivity contribution in [3.05, 3.63) is 58.1 Å². The Labute approximate surface area is 138 Å². The Balaban J connectivity index is 2.03. The fourth-order valence-electron chi connectivity index (χ4n) is 2.72. The zero-order valence-corrected chi connectivity index (χ0v) is 14.0. The average Bonchev–Trinajstić information content (AvgIpc) is 2.71. The second kappa shape index (κ2) is 6.24. The molecule has 108 valence electrons. The van der Waals surface area contributed by atoms with Crippen LogP contribution in [-0.2, 0) is 6.42 Å². The normalized spacial score (nSPS) is 14.5. The molecule has 0 N–H and O–H groups in total. The van der Waals surface area contributed by atoms with E-state index >= 15 is 0 Å². The first-order valence-corrected chi connectivity index (χ1v) is 8.29. The summed E-state index contributed by atoms with van der Waals surface area (Å²) in [5.74, 6) is 0.0344. The van der Waals surface area contributed by atoms with Crippen LogP contribution in [-0.4, -0.2) is 12.5 Å². The van der Waals surface area contributed by atoms with Gasteiger partial charge in [0, 0.05) is 21.6 Å². The van der Waals surface area contributed by atoms with E-state index in [-0.39, 0.29) is 5.91 Å². The highest BCUT2D eigenvalue weighted by Crippen LogP contribution is 2.29. The molecule has 0 fully saturated rings. The second-order valence-electron chi connectivity index (χ2n) is 5.21. The summed E-state index contributed by atoms with van der Waals surface area (Å²) in [6.07, 6.45) is 3.18. The molecular formula is C17H16BrNOS. The lowest BCUT2D eigenvalue weighted by atomic mass is 10.1. The maximum absolute atomic E-state index is 13.0. The third kappa shape index (κ3) is 3.01. The summed E-state index contributed by atoms with van der Waals surface area (Å²) in [6, 6.07) is 13.8. The van der Waals surface area contributed by atoms with E-state index in [0.717, 1.165) is 40.9 Å². The van der Waals surface area contributed by atoms with Gasteiger partial charge in [-0.05, 0) is 65.0 Å². The van der Waals surface area contributed by atoms with Crippen molar-refractivity contribution in [1.29, 1.82) is 0 Å². The first kappa shape index (κ1) is 14.7. The van der Waals surface area contributed by atoms with E-state index in [0.29, 0.717) is 5.56 Å². The van der Waals surface area contributed by atoms with E-state index < -0.39 is 0 Å². The molecule has 1 heterocycles. The molecule has 2 aromatic carbocycles. The van der Waals surface area contributed by atoms with Gasteiger partial charge in [0.2, 0.25) is 0 Å². The lowest BCUT2D eigenvalue weighted by Gasteiger charge is -2.23. The number of halogens is 1. The van der Waals surface area contributed by atoms with Crippen molar-refractivity contribution >= 4 is 40.2 Å². The number of thiol groups is 1. The van der Waals surface area contributed by atoms with Gasteiger partial charge in [0.05, 0.1) is 5.56 Å². The molecule has 1 aliphatic rings. The number of amides is 1. The van der Waals surface area contributed by atoms with Gasteiger partial charge in [-0.1, -0.05) is 18.2 Å². The number of rotatable bonds is 1. The van der Waals surface area contributed by atoms with Crippen LogP contribution in [0, 0.1) is 0 Å². The smallest absolute Gasteiger partial charge is 0.259 e. The number of aryl methyl sites for hydroxylation is 1. The number of nitrogens with zero attached hydrogens (tertiary/aromatic N) is 1. The number of fused-ring (bicyclic) bond motifs is 1. The fourth-order valence-corrected chi connectivity index (χ4v) is 3.34. The molecule has 0 atom stereocenters. The van der Waals surface area contributed by atoms with Crippen molar-refractivity contribution in [3.63, 3.8) is 0 Å². The van der Waals surface area contributed by atoms with Crippen LogP contribution in [0.3, 0.4) is 0 Å². The molecule has 0 radical (unpaired) electrons. The van der Waals surface area contributed by atoms with Crippen LogP contribution in [0.2, 0.25) is 0 Å². The largest absolute Gasteiger partial charge is 0.308 e. The summed E-state index contributed by atoms with van der Waals surface area (Å²) in [6.45, 7) is 0.763. The number of carbonyl (C=O) groups is 1. The Kier molecular flexibility index (Phi) is 4.36. The molecule has 3 rings (SSSR count). The molecule has 0 saturated carbocycles. The first-order valence-electron chi connectivity index (χ1n) is 7.05. The molecular weight excluding hydrogens is 346 g/mol. The lowest BCUT2D eigenvalue weighted by Crippen LogP contribution is -2.32. The molecule has 2 aromatic rings. The first-order chi connectivity index (χ1) is 10.2. The van der Waals surface area contributed by atoms with Gasteiger partial charge in [-0.25, -0.2) is 0 Å². The van der Waals surface area contributed by atoms with Crippen LogP contribution in [0.1, 0.15) is 28.8 Å². The average molecular weight is 362 g/mol. The number of hydrogen-bond donors (Lipinski definition) is 1. The Bertz CT molecular complexity index is 686. The second-order valence-corrected chi connectivity index (χ2v) is 6.58. The highest BCUT2D eigenvalue weighted by molar-refractivity contribution is 9.10. The van der Waals surface area contributed by atoms with Crippen molar-refractivity contribution in [2.45, 2.75) is 24.2 Å². The molecule has 4 heteroatoms. The molecule has 0 unspecified atom stereocenters. The minimum atomic E-state index is 0.0344. The van der Waals surface area contributed by atoms with Gasteiger partial charge < -0.3 is 4.90 Å². The van der Waals surface area contributed by atoms with E-state index in [1.54, 1.807) is 0 Å². The van der Waals surface area contributed by atoms with E-state index in [9.17, 15) is 4.79 Å². The molecule has 0 bridgehead atoms. The van der Waals surface area contributed by atoms with E-state index in [4.69, 9.17) is 0 Å². The van der Waals surface area contributed by atoms with Crippen molar-refractivity contribution < 1.29 is 4.79 Å². The molecule has 1 aliphatic heterocycles. The maximum Gasteiger partial charge on any atom is 0.259 e. The lowest BCUT2D eigenvalue weighted by molar-refractivity contribution is 0.0986. The summed E-state index contributed by atoms with van der Waals surface area (Å²) in [5.41, 5.74) is 2.96. The summed E-state index contributed by atoms with van der Waals surface area (Å²) in [7, 11) is 0. The Morgan fingerprint density at radius 3 is 2.81 bits per heavy atom. The van der Waals surface area contributed by atoms with Crippen LogP contribution in [0.15, 0.2) is 51.8 Å². The molecule has 0 saturated heterocycles. The SMILES string of the molecule is O=C(c1cc(S)ccc1Br)N1CCCCc2ccccc21. The van der Waals surface area contributed by atoms with Gasteiger partial charge in [0.1, 0.15) is 0 Å². The standard InChI is InChI=1S/C17H16BrNOS/c18-15-9-8-13(21)11-14(15)17(20)19-10-4-3-6-12-5-1-2-7-16(12)19/h1-2,5,7-9,11,21H,3-4,6,10H2. The molecule has 21 heavy (non-hydrogen) atoms. The third-order valence-corrected chi connectivity index (χ3v) is 4.76. The minimum Gasteiger partial charge on any atom is -0.308 e. The van der Waals surface area contributed by atoms with E-state index in [1.165, 1.54) is 5.56 Å². The summed E-state index contributed by atoms with van der Waals surface area (Å²) < 4.78 is 0.812. The number of benzene rings is 2. The van der Waals surface area contributed by atoms with Gasteiger partial charge in [-0.15, -0.1) is 12.6 Å². The molecule has 0 aromatic heterocycles. The van der Waals surface area contributed by atoms with Crippen molar-refractivity contribution in [2.75, 3.05) is 11.4 Å². The summed E-state index contributed by atoms with van der Waals surface area (Å²) in [5, 5.41) is 0. The van der Waals surface area contributed by atoms with Gasteiger partial charge >= 0.3 is 0 Å². The molecule has 0 aliphatic carbocycles. The van der Waals surface area contributed by atoms with Crippen molar-refractivity contribution in [3.8, 4) is 0 Å². The van der Waals surface area contributed by atoms with Crippen LogP contribution in [0.5, 0.6) is 0 Å². The number of anilines is 1. The summed E-state index contributed by atoms with van der Waals surface area (Å²) >= 11 is 7.82. The van der Waals surface area contributed by atoms with Crippen molar-refractivity contribution in [2.24, 2.45) is 0 Å². The Hall–Kier alpha value is -1.26. The Morgan fingerprint density at radius 2 is 1.95 bits per heavy atom. The number of carbonyl (C=O) groups excluding carboxylic acids is 1. The van der Waals surface area contributed by atoms with Crippen LogP contribution in [0.4, 0.5) is 5.69 Å². The van der Waals surface area contributed by atoms with Gasteiger partial charge in [0.25, 0.3) is 5.91 Å².